The molecule has 128 valence electrons. The van der Waals surface area contributed by atoms with E-state index in [0.29, 0.717) is 16.5 Å². The van der Waals surface area contributed by atoms with Crippen LogP contribution >= 0.6 is 11.6 Å². The van der Waals surface area contributed by atoms with Gasteiger partial charge < -0.3 is 4.74 Å². The Hall–Kier alpha value is -2.50. The molecule has 0 aliphatic rings. The molecule has 0 atom stereocenters. The van der Waals surface area contributed by atoms with Gasteiger partial charge in [0.05, 0.1) is 4.90 Å². The highest BCUT2D eigenvalue weighted by molar-refractivity contribution is 7.92. The van der Waals surface area contributed by atoms with Gasteiger partial charge in [0.2, 0.25) is 0 Å². The molecule has 0 aromatic heterocycles. The van der Waals surface area contributed by atoms with E-state index in [0.717, 1.165) is 11.3 Å². The number of halogens is 1. The van der Waals surface area contributed by atoms with Crippen molar-refractivity contribution in [3.05, 3.63) is 83.4 Å². The maximum Gasteiger partial charge on any atom is 0.261 e. The molecule has 0 heterocycles. The van der Waals surface area contributed by atoms with Gasteiger partial charge in [0.1, 0.15) is 11.5 Å². The number of rotatable bonds is 5. The van der Waals surface area contributed by atoms with E-state index in [-0.39, 0.29) is 4.90 Å². The van der Waals surface area contributed by atoms with Gasteiger partial charge in [0, 0.05) is 10.7 Å². The third-order valence-corrected chi connectivity index (χ3v) is 5.20. The van der Waals surface area contributed by atoms with E-state index in [9.17, 15) is 8.42 Å². The van der Waals surface area contributed by atoms with Gasteiger partial charge in [0.25, 0.3) is 10.0 Å². The summed E-state index contributed by atoms with van der Waals surface area (Å²) in [5, 5.41) is 0.542. The number of hydrogen-bond donors (Lipinski definition) is 1. The number of aryl methyl sites for hydroxylation is 1. The Morgan fingerprint density at radius 3 is 2.16 bits per heavy atom. The third kappa shape index (κ3) is 4.32. The summed E-state index contributed by atoms with van der Waals surface area (Å²) in [5.74, 6) is 1.30. The summed E-state index contributed by atoms with van der Waals surface area (Å²) < 4.78 is 33.1. The second kappa shape index (κ2) is 7.17. The van der Waals surface area contributed by atoms with Gasteiger partial charge in [-0.15, -0.1) is 0 Å². The van der Waals surface area contributed by atoms with Crippen LogP contribution in [0.15, 0.2) is 77.7 Å². The normalized spacial score (nSPS) is 11.1. The number of ether oxygens (including phenoxy) is 1. The number of sulfonamides is 1. The molecule has 3 aromatic rings. The maximum atomic E-state index is 12.4. The highest BCUT2D eigenvalue weighted by atomic mass is 35.5. The van der Waals surface area contributed by atoms with Gasteiger partial charge in [-0.1, -0.05) is 29.8 Å². The van der Waals surface area contributed by atoms with Crippen LogP contribution in [0.2, 0.25) is 5.02 Å². The van der Waals surface area contributed by atoms with Crippen LogP contribution in [-0.4, -0.2) is 8.42 Å². The molecule has 0 aliphatic heterocycles. The van der Waals surface area contributed by atoms with Crippen LogP contribution < -0.4 is 9.46 Å². The molecule has 0 bridgehead atoms. The van der Waals surface area contributed by atoms with Crippen LogP contribution in [-0.2, 0) is 10.0 Å². The SMILES string of the molecule is Cc1ccccc1Oc1ccc(S(=O)(=O)Nc2ccc(Cl)cc2)cc1. The number of hydrogen-bond acceptors (Lipinski definition) is 3. The van der Waals surface area contributed by atoms with E-state index in [4.69, 9.17) is 16.3 Å². The Bertz CT molecular complexity index is 968. The first-order chi connectivity index (χ1) is 11.9. The van der Waals surface area contributed by atoms with Gasteiger partial charge in [-0.3, -0.25) is 4.72 Å². The molecule has 0 radical (unpaired) electrons. The quantitative estimate of drug-likeness (QED) is 0.665. The smallest absolute Gasteiger partial charge is 0.261 e. The minimum Gasteiger partial charge on any atom is -0.457 e. The van der Waals surface area contributed by atoms with Crippen LogP contribution in [0.25, 0.3) is 0 Å². The predicted molar refractivity (Wildman–Crippen MR) is 100.0 cm³/mol. The molecule has 0 unspecified atom stereocenters. The summed E-state index contributed by atoms with van der Waals surface area (Å²) in [6.07, 6.45) is 0. The zero-order chi connectivity index (χ0) is 17.9. The van der Waals surface area contributed by atoms with E-state index in [1.165, 1.54) is 12.1 Å². The standard InChI is InChI=1S/C19H16ClNO3S/c1-14-4-2-3-5-19(14)24-17-10-12-18(13-11-17)25(22,23)21-16-8-6-15(20)7-9-16/h2-13,21H,1H3. The zero-order valence-corrected chi connectivity index (χ0v) is 15.0. The fourth-order valence-electron chi connectivity index (χ4n) is 2.22. The maximum absolute atomic E-state index is 12.4. The van der Waals surface area contributed by atoms with Gasteiger partial charge in [0.15, 0.2) is 0 Å². The van der Waals surface area contributed by atoms with Crippen LogP contribution in [0.5, 0.6) is 11.5 Å². The molecule has 3 rings (SSSR count). The number of para-hydroxylation sites is 1. The fraction of sp³-hybridized carbons (Fsp3) is 0.0526. The lowest BCUT2D eigenvalue weighted by Crippen LogP contribution is -2.12. The second-order valence-electron chi connectivity index (χ2n) is 5.45. The molecule has 0 amide bonds. The van der Waals surface area contributed by atoms with Crippen LogP contribution in [0.1, 0.15) is 5.56 Å². The highest BCUT2D eigenvalue weighted by Crippen LogP contribution is 2.26. The van der Waals surface area contributed by atoms with Crippen molar-refractivity contribution in [1.29, 1.82) is 0 Å². The van der Waals surface area contributed by atoms with Crippen molar-refractivity contribution in [3.63, 3.8) is 0 Å². The predicted octanol–water partition coefficient (Wildman–Crippen LogP) is 5.24. The molecule has 0 saturated carbocycles. The lowest BCUT2D eigenvalue weighted by molar-refractivity contribution is 0.478. The molecular formula is C19H16ClNO3S. The summed E-state index contributed by atoms with van der Waals surface area (Å²) in [5.41, 5.74) is 1.45. The first-order valence-electron chi connectivity index (χ1n) is 7.56. The Balaban J connectivity index is 1.77. The Kier molecular flexibility index (Phi) is 4.97. The zero-order valence-electron chi connectivity index (χ0n) is 13.4. The fourth-order valence-corrected chi connectivity index (χ4v) is 3.40. The van der Waals surface area contributed by atoms with E-state index >= 15 is 0 Å². The topological polar surface area (TPSA) is 55.4 Å². The second-order valence-corrected chi connectivity index (χ2v) is 7.57. The highest BCUT2D eigenvalue weighted by Gasteiger charge is 2.14. The average molecular weight is 374 g/mol. The summed E-state index contributed by atoms with van der Waals surface area (Å²) in [6.45, 7) is 1.95. The van der Waals surface area contributed by atoms with E-state index in [1.807, 2.05) is 31.2 Å². The number of nitrogens with one attached hydrogen (secondary N) is 1. The Labute approximate surface area is 152 Å². The van der Waals surface area contributed by atoms with Gasteiger partial charge in [-0.25, -0.2) is 8.42 Å². The number of anilines is 1. The van der Waals surface area contributed by atoms with Crippen molar-refractivity contribution in [1.82, 2.24) is 0 Å². The van der Waals surface area contributed by atoms with Gasteiger partial charge in [-0.05, 0) is 67.1 Å². The molecule has 3 aromatic carbocycles. The number of benzene rings is 3. The van der Waals surface area contributed by atoms with Gasteiger partial charge in [-0.2, -0.15) is 0 Å². The minimum atomic E-state index is -3.67. The Morgan fingerprint density at radius 1 is 0.880 bits per heavy atom. The van der Waals surface area contributed by atoms with Crippen molar-refractivity contribution < 1.29 is 13.2 Å². The minimum absolute atomic E-state index is 0.152. The molecule has 1 N–H and O–H groups in total. The summed E-state index contributed by atoms with van der Waals surface area (Å²) in [7, 11) is -3.67. The van der Waals surface area contributed by atoms with Crippen molar-refractivity contribution in [3.8, 4) is 11.5 Å². The first-order valence-corrected chi connectivity index (χ1v) is 9.42. The lowest BCUT2D eigenvalue weighted by Gasteiger charge is -2.10. The van der Waals surface area contributed by atoms with Crippen LogP contribution in [0.4, 0.5) is 5.69 Å². The van der Waals surface area contributed by atoms with Crippen molar-refractivity contribution in [2.45, 2.75) is 11.8 Å². The summed E-state index contributed by atoms with van der Waals surface area (Å²) in [4.78, 5) is 0.152. The Morgan fingerprint density at radius 2 is 1.52 bits per heavy atom. The molecule has 4 nitrogen and oxygen atoms in total. The monoisotopic (exact) mass is 373 g/mol. The third-order valence-electron chi connectivity index (χ3n) is 3.55. The van der Waals surface area contributed by atoms with Crippen molar-refractivity contribution >= 4 is 27.3 Å². The average Bonchev–Trinajstić information content (AvgIpc) is 2.59. The summed E-state index contributed by atoms with van der Waals surface area (Å²) >= 11 is 5.80. The molecule has 6 heteroatoms. The molecule has 0 spiro atoms. The van der Waals surface area contributed by atoms with E-state index in [1.54, 1.807) is 36.4 Å². The molecule has 0 saturated heterocycles. The summed E-state index contributed by atoms with van der Waals surface area (Å²) in [6, 6.07) is 20.4. The van der Waals surface area contributed by atoms with Crippen LogP contribution in [0.3, 0.4) is 0 Å². The van der Waals surface area contributed by atoms with E-state index in [2.05, 4.69) is 4.72 Å². The van der Waals surface area contributed by atoms with Gasteiger partial charge >= 0.3 is 0 Å². The van der Waals surface area contributed by atoms with Crippen LogP contribution in [0, 0.1) is 6.92 Å². The molecule has 25 heavy (non-hydrogen) atoms. The van der Waals surface area contributed by atoms with Crippen molar-refractivity contribution in [2.24, 2.45) is 0 Å². The molecule has 0 aliphatic carbocycles. The largest absolute Gasteiger partial charge is 0.457 e. The lowest BCUT2D eigenvalue weighted by atomic mass is 10.2. The molecule has 0 fully saturated rings. The molecular weight excluding hydrogens is 358 g/mol. The first kappa shape index (κ1) is 17.3. The van der Waals surface area contributed by atoms with Crippen molar-refractivity contribution in [2.75, 3.05) is 4.72 Å². The van der Waals surface area contributed by atoms with E-state index < -0.39 is 10.0 Å².